The molecule has 2 aliphatic heterocycles. The van der Waals surface area contributed by atoms with Crippen LogP contribution in [0.15, 0.2) is 54.6 Å². The maximum absolute atomic E-state index is 12.8. The van der Waals surface area contributed by atoms with Crippen LogP contribution in [0.5, 0.6) is 0 Å². The lowest BCUT2D eigenvalue weighted by atomic mass is 10.0. The first kappa shape index (κ1) is 16.8. The van der Waals surface area contributed by atoms with Crippen molar-refractivity contribution >= 4 is 11.9 Å². The number of morpholine rings is 1. The molecule has 0 saturated carbocycles. The average molecular weight is 353 g/mol. The number of ether oxygens (including phenoxy) is 2. The minimum atomic E-state index is -1.32. The van der Waals surface area contributed by atoms with E-state index in [4.69, 9.17) is 9.47 Å². The highest BCUT2D eigenvalue weighted by molar-refractivity contribution is 5.89. The third-order valence-corrected chi connectivity index (χ3v) is 4.94. The monoisotopic (exact) mass is 353 g/mol. The molecule has 6 heteroatoms. The molecule has 0 radical (unpaired) electrons. The van der Waals surface area contributed by atoms with Gasteiger partial charge in [-0.05, 0) is 18.1 Å². The topological polar surface area (TPSA) is 76.1 Å². The van der Waals surface area contributed by atoms with E-state index in [1.807, 2.05) is 61.5 Å². The van der Waals surface area contributed by atoms with Crippen LogP contribution in [-0.4, -0.2) is 40.6 Å². The predicted molar refractivity (Wildman–Crippen MR) is 92.1 cm³/mol. The third-order valence-electron chi connectivity index (χ3n) is 4.94. The Kier molecular flexibility index (Phi) is 4.01. The number of carboxylic acids is 1. The number of benzene rings is 2. The lowest BCUT2D eigenvalue weighted by Gasteiger charge is -2.38. The lowest BCUT2D eigenvalue weighted by Crippen LogP contribution is -2.53. The normalized spacial score (nSPS) is 27.6. The summed E-state index contributed by atoms with van der Waals surface area (Å²) in [5.74, 6) is -2.81. The summed E-state index contributed by atoms with van der Waals surface area (Å²) in [6.45, 7) is 2.51. The van der Waals surface area contributed by atoms with E-state index in [1.54, 1.807) is 4.90 Å². The molecular formula is C20H19NO5. The molecule has 26 heavy (non-hydrogen) atoms. The third kappa shape index (κ3) is 2.67. The summed E-state index contributed by atoms with van der Waals surface area (Å²) >= 11 is 0. The summed E-state index contributed by atoms with van der Waals surface area (Å²) in [4.78, 5) is 26.1. The van der Waals surface area contributed by atoms with E-state index >= 15 is 0 Å². The lowest BCUT2D eigenvalue weighted by molar-refractivity contribution is -0.219. The average Bonchev–Trinajstić information content (AvgIpc) is 2.99. The van der Waals surface area contributed by atoms with E-state index in [2.05, 4.69) is 0 Å². The molecule has 2 saturated heterocycles. The number of nitrogens with zero attached hydrogens (tertiary/aromatic N) is 1. The second-order valence-corrected chi connectivity index (χ2v) is 6.65. The molecule has 2 fully saturated rings. The molecule has 6 nitrogen and oxygen atoms in total. The van der Waals surface area contributed by atoms with Crippen LogP contribution in [0.2, 0.25) is 0 Å². The molecule has 3 atom stereocenters. The highest BCUT2D eigenvalue weighted by Crippen LogP contribution is 2.43. The largest absolute Gasteiger partial charge is 0.479 e. The van der Waals surface area contributed by atoms with Crippen molar-refractivity contribution in [3.63, 3.8) is 0 Å². The first-order chi connectivity index (χ1) is 12.5. The van der Waals surface area contributed by atoms with Gasteiger partial charge in [0.1, 0.15) is 0 Å². The predicted octanol–water partition coefficient (Wildman–Crippen LogP) is 2.06. The zero-order valence-electron chi connectivity index (χ0n) is 14.3. The van der Waals surface area contributed by atoms with Crippen molar-refractivity contribution in [2.24, 2.45) is 0 Å². The fraction of sp³-hybridized carbons (Fsp3) is 0.300. The minimum Gasteiger partial charge on any atom is -0.479 e. The number of aryl methyl sites for hydroxylation is 1. The summed E-state index contributed by atoms with van der Waals surface area (Å²) in [6, 6.07) is 17.0. The number of aliphatic carboxylic acids is 1. The van der Waals surface area contributed by atoms with Crippen molar-refractivity contribution in [2.45, 2.75) is 31.5 Å². The summed E-state index contributed by atoms with van der Waals surface area (Å²) in [6.07, 6.45) is -2.46. The van der Waals surface area contributed by atoms with E-state index in [-0.39, 0.29) is 12.5 Å². The van der Waals surface area contributed by atoms with Crippen molar-refractivity contribution in [3.05, 3.63) is 71.3 Å². The fourth-order valence-electron chi connectivity index (χ4n) is 3.55. The molecule has 2 aromatic rings. The minimum absolute atomic E-state index is 0.143. The van der Waals surface area contributed by atoms with Gasteiger partial charge in [-0.3, -0.25) is 4.79 Å². The van der Waals surface area contributed by atoms with Crippen LogP contribution in [0, 0.1) is 6.92 Å². The van der Waals surface area contributed by atoms with Crippen molar-refractivity contribution in [1.82, 2.24) is 4.90 Å². The molecule has 4 rings (SSSR count). The van der Waals surface area contributed by atoms with Gasteiger partial charge in [0.25, 0.3) is 5.91 Å². The Bertz CT molecular complexity index is 852. The van der Waals surface area contributed by atoms with Crippen molar-refractivity contribution in [3.8, 4) is 0 Å². The Morgan fingerprint density at radius 2 is 1.85 bits per heavy atom. The molecular weight excluding hydrogens is 334 g/mol. The highest BCUT2D eigenvalue weighted by atomic mass is 16.8. The Balaban J connectivity index is 1.71. The van der Waals surface area contributed by atoms with Gasteiger partial charge in [0.2, 0.25) is 5.79 Å². The number of carbonyl (C=O) groups excluding carboxylic acids is 1. The quantitative estimate of drug-likeness (QED) is 0.911. The van der Waals surface area contributed by atoms with Gasteiger partial charge in [0.15, 0.2) is 12.2 Å². The molecule has 3 unspecified atom stereocenters. The fourth-order valence-corrected chi connectivity index (χ4v) is 3.55. The van der Waals surface area contributed by atoms with Crippen LogP contribution >= 0.6 is 0 Å². The van der Waals surface area contributed by atoms with Gasteiger partial charge < -0.3 is 19.5 Å². The van der Waals surface area contributed by atoms with E-state index in [9.17, 15) is 14.7 Å². The van der Waals surface area contributed by atoms with Crippen LogP contribution in [0.3, 0.4) is 0 Å². The number of hydrogen-bond acceptors (Lipinski definition) is 4. The van der Waals surface area contributed by atoms with Crippen LogP contribution in [0.1, 0.15) is 16.7 Å². The van der Waals surface area contributed by atoms with Crippen molar-refractivity contribution in [1.29, 1.82) is 0 Å². The van der Waals surface area contributed by atoms with Crippen molar-refractivity contribution in [2.75, 3.05) is 6.54 Å². The molecule has 2 aliphatic rings. The number of fused-ring (bicyclic) bond motifs is 2. The Hall–Kier alpha value is -2.70. The van der Waals surface area contributed by atoms with Gasteiger partial charge in [0.05, 0.1) is 6.54 Å². The first-order valence-electron chi connectivity index (χ1n) is 8.47. The van der Waals surface area contributed by atoms with Crippen LogP contribution in [0.25, 0.3) is 0 Å². The number of rotatable bonds is 4. The molecule has 1 N–H and O–H groups in total. The molecule has 134 valence electrons. The molecule has 2 aromatic carbocycles. The van der Waals surface area contributed by atoms with E-state index in [1.165, 1.54) is 0 Å². The van der Waals surface area contributed by atoms with Gasteiger partial charge in [-0.2, -0.15) is 0 Å². The van der Waals surface area contributed by atoms with Crippen LogP contribution in [-0.2, 0) is 31.4 Å². The Labute approximate surface area is 151 Å². The summed E-state index contributed by atoms with van der Waals surface area (Å²) in [7, 11) is 0. The second-order valence-electron chi connectivity index (χ2n) is 6.65. The standard InChI is InChI=1S/C20H19NO5/c1-13-7-5-6-8-14(13)11-21-12-20(15-9-3-2-4-10-15)25-16(18(21)22)17(26-20)19(23)24/h2-10,16-17H,11-12H2,1H3,(H,23,24). The molecule has 2 heterocycles. The second kappa shape index (κ2) is 6.23. The van der Waals surface area contributed by atoms with E-state index < -0.39 is 24.0 Å². The van der Waals surface area contributed by atoms with Gasteiger partial charge in [-0.1, -0.05) is 54.6 Å². The SMILES string of the molecule is Cc1ccccc1CN1CC2(c3ccccc3)OC(C(=O)O)C(O2)C1=O. The summed E-state index contributed by atoms with van der Waals surface area (Å²) in [5, 5.41) is 9.48. The van der Waals surface area contributed by atoms with Gasteiger partial charge in [-0.15, -0.1) is 0 Å². The van der Waals surface area contributed by atoms with Crippen LogP contribution in [0.4, 0.5) is 0 Å². The number of carboxylic acid groups (broad SMARTS) is 1. The summed E-state index contributed by atoms with van der Waals surface area (Å²) < 4.78 is 11.7. The molecule has 0 aliphatic carbocycles. The van der Waals surface area contributed by atoms with E-state index in [0.717, 1.165) is 11.1 Å². The Morgan fingerprint density at radius 1 is 1.15 bits per heavy atom. The smallest absolute Gasteiger partial charge is 0.336 e. The van der Waals surface area contributed by atoms with Gasteiger partial charge in [0, 0.05) is 12.1 Å². The Morgan fingerprint density at radius 3 is 2.54 bits per heavy atom. The first-order valence-corrected chi connectivity index (χ1v) is 8.47. The number of hydrogen-bond donors (Lipinski definition) is 1. The van der Waals surface area contributed by atoms with Gasteiger partial charge >= 0.3 is 5.97 Å². The highest BCUT2D eigenvalue weighted by Gasteiger charge is 2.60. The van der Waals surface area contributed by atoms with Gasteiger partial charge in [-0.25, -0.2) is 4.79 Å². The number of carbonyl (C=O) groups is 2. The number of amides is 1. The van der Waals surface area contributed by atoms with Crippen LogP contribution < -0.4 is 0 Å². The molecule has 1 amide bonds. The van der Waals surface area contributed by atoms with E-state index in [0.29, 0.717) is 12.1 Å². The molecule has 2 bridgehead atoms. The maximum Gasteiger partial charge on any atom is 0.336 e. The zero-order valence-corrected chi connectivity index (χ0v) is 14.3. The molecule has 0 aromatic heterocycles. The van der Waals surface area contributed by atoms with Crippen molar-refractivity contribution < 1.29 is 24.2 Å². The summed E-state index contributed by atoms with van der Waals surface area (Å²) in [5.41, 5.74) is 2.79. The zero-order chi connectivity index (χ0) is 18.3. The molecule has 0 spiro atoms. The maximum atomic E-state index is 12.8.